The fourth-order valence-electron chi connectivity index (χ4n) is 3.63. The normalized spacial score (nSPS) is 19.8. The Kier molecular flexibility index (Phi) is 5.41. The molecular formula is C22H26N4O2. The van der Waals surface area contributed by atoms with Crippen LogP contribution in [0.3, 0.4) is 0 Å². The van der Waals surface area contributed by atoms with Crippen LogP contribution in [0.25, 0.3) is 11.4 Å². The highest BCUT2D eigenvalue weighted by Gasteiger charge is 2.34. The maximum Gasteiger partial charge on any atom is 0.244 e. The lowest BCUT2D eigenvalue weighted by atomic mass is 10.1. The highest BCUT2D eigenvalue weighted by molar-refractivity contribution is 5.55. The molecule has 1 fully saturated rings. The fraction of sp³-hybridized carbons (Fsp3) is 0.364. The molecular weight excluding hydrogens is 352 g/mol. The number of methoxy groups -OCH3 is 1. The SMILES string of the molecule is COc1ccc(-c2noc([C@@H]3C[C@H](NCc4ccc(C)cc4)CN3C)n2)cc1. The molecule has 28 heavy (non-hydrogen) atoms. The van der Waals surface area contributed by atoms with Gasteiger partial charge >= 0.3 is 0 Å². The zero-order chi connectivity index (χ0) is 19.5. The zero-order valence-electron chi connectivity index (χ0n) is 16.6. The van der Waals surface area contributed by atoms with E-state index in [1.165, 1.54) is 11.1 Å². The predicted octanol–water partition coefficient (Wildman–Crippen LogP) is 3.59. The maximum absolute atomic E-state index is 5.59. The summed E-state index contributed by atoms with van der Waals surface area (Å²) in [6, 6.07) is 16.9. The first-order valence-corrected chi connectivity index (χ1v) is 9.59. The van der Waals surface area contributed by atoms with Crippen molar-refractivity contribution >= 4 is 0 Å². The van der Waals surface area contributed by atoms with E-state index in [1.807, 2.05) is 24.3 Å². The largest absolute Gasteiger partial charge is 0.497 e. The Bertz CT molecular complexity index is 905. The number of nitrogens with zero attached hydrogens (tertiary/aromatic N) is 3. The molecule has 3 aromatic rings. The van der Waals surface area contributed by atoms with Gasteiger partial charge in [0.2, 0.25) is 11.7 Å². The molecule has 1 aromatic heterocycles. The minimum absolute atomic E-state index is 0.134. The van der Waals surface area contributed by atoms with Gasteiger partial charge in [0.1, 0.15) is 5.75 Å². The van der Waals surface area contributed by atoms with Gasteiger partial charge in [0.25, 0.3) is 0 Å². The summed E-state index contributed by atoms with van der Waals surface area (Å²) in [5.74, 6) is 2.10. The Morgan fingerprint density at radius 2 is 1.89 bits per heavy atom. The molecule has 0 unspecified atom stereocenters. The van der Waals surface area contributed by atoms with Crippen LogP contribution in [-0.2, 0) is 6.54 Å². The van der Waals surface area contributed by atoms with E-state index in [0.717, 1.165) is 30.8 Å². The standard InChI is InChI=1S/C22H26N4O2/c1-15-4-6-16(7-5-15)13-23-18-12-20(26(2)14-18)22-24-21(25-28-22)17-8-10-19(27-3)11-9-17/h4-11,18,20,23H,12-14H2,1-3H3/t18-,20-/m0/s1. The molecule has 2 atom stereocenters. The van der Waals surface area contributed by atoms with Crippen molar-refractivity contribution in [3.8, 4) is 17.1 Å². The molecule has 0 aliphatic carbocycles. The van der Waals surface area contributed by atoms with Crippen LogP contribution >= 0.6 is 0 Å². The van der Waals surface area contributed by atoms with Crippen LogP contribution in [0, 0.1) is 6.92 Å². The number of aromatic nitrogens is 2. The van der Waals surface area contributed by atoms with Gasteiger partial charge in [-0.1, -0.05) is 35.0 Å². The van der Waals surface area contributed by atoms with Crippen molar-refractivity contribution in [1.29, 1.82) is 0 Å². The topological polar surface area (TPSA) is 63.4 Å². The van der Waals surface area contributed by atoms with Crippen LogP contribution in [0.2, 0.25) is 0 Å². The van der Waals surface area contributed by atoms with Gasteiger partial charge in [0.15, 0.2) is 0 Å². The lowest BCUT2D eigenvalue weighted by molar-refractivity contribution is 0.244. The zero-order valence-corrected chi connectivity index (χ0v) is 16.6. The van der Waals surface area contributed by atoms with Gasteiger partial charge in [0.05, 0.1) is 13.2 Å². The van der Waals surface area contributed by atoms with Crippen molar-refractivity contribution < 1.29 is 9.26 Å². The van der Waals surface area contributed by atoms with E-state index in [4.69, 9.17) is 9.26 Å². The Hall–Kier alpha value is -2.70. The van der Waals surface area contributed by atoms with E-state index in [1.54, 1.807) is 7.11 Å². The number of aryl methyl sites for hydroxylation is 1. The number of benzene rings is 2. The van der Waals surface area contributed by atoms with E-state index in [9.17, 15) is 0 Å². The van der Waals surface area contributed by atoms with Gasteiger partial charge < -0.3 is 14.6 Å². The Morgan fingerprint density at radius 3 is 2.61 bits per heavy atom. The van der Waals surface area contributed by atoms with Crippen molar-refractivity contribution in [1.82, 2.24) is 20.4 Å². The number of likely N-dealkylation sites (N-methyl/N-ethyl adjacent to an activating group) is 1. The third-order valence-corrected chi connectivity index (χ3v) is 5.34. The molecule has 0 bridgehead atoms. The van der Waals surface area contributed by atoms with Crippen molar-refractivity contribution in [2.24, 2.45) is 0 Å². The van der Waals surface area contributed by atoms with E-state index < -0.39 is 0 Å². The van der Waals surface area contributed by atoms with Crippen molar-refractivity contribution in [3.05, 3.63) is 65.5 Å². The number of likely N-dealkylation sites (tertiary alicyclic amines) is 1. The summed E-state index contributed by atoms with van der Waals surface area (Å²) in [5.41, 5.74) is 3.51. The van der Waals surface area contributed by atoms with Crippen LogP contribution in [0.1, 0.15) is 29.5 Å². The van der Waals surface area contributed by atoms with Gasteiger partial charge in [-0.05, 0) is 50.2 Å². The summed E-state index contributed by atoms with van der Waals surface area (Å²) >= 11 is 0. The molecule has 0 spiro atoms. The lowest BCUT2D eigenvalue weighted by Crippen LogP contribution is -2.30. The molecule has 0 saturated carbocycles. The average molecular weight is 378 g/mol. The van der Waals surface area contributed by atoms with Crippen LogP contribution in [-0.4, -0.2) is 41.8 Å². The summed E-state index contributed by atoms with van der Waals surface area (Å²) in [5, 5.41) is 7.83. The average Bonchev–Trinajstić information content (AvgIpc) is 3.34. The van der Waals surface area contributed by atoms with Gasteiger partial charge in [-0.25, -0.2) is 0 Å². The van der Waals surface area contributed by atoms with Crippen molar-refractivity contribution in [3.63, 3.8) is 0 Å². The monoisotopic (exact) mass is 378 g/mol. The molecule has 1 N–H and O–H groups in total. The molecule has 0 radical (unpaired) electrons. The van der Waals surface area contributed by atoms with Gasteiger partial charge in [0, 0.05) is 24.7 Å². The first kappa shape index (κ1) is 18.7. The first-order chi connectivity index (χ1) is 13.6. The van der Waals surface area contributed by atoms with Gasteiger partial charge in [-0.15, -0.1) is 0 Å². The third-order valence-electron chi connectivity index (χ3n) is 5.34. The minimum Gasteiger partial charge on any atom is -0.497 e. The molecule has 1 saturated heterocycles. The second-order valence-electron chi connectivity index (χ2n) is 7.44. The quantitative estimate of drug-likeness (QED) is 0.707. The van der Waals surface area contributed by atoms with Crippen LogP contribution < -0.4 is 10.1 Å². The molecule has 4 rings (SSSR count). The van der Waals surface area contributed by atoms with Crippen LogP contribution in [0.5, 0.6) is 5.75 Å². The van der Waals surface area contributed by atoms with E-state index in [2.05, 4.69) is 58.6 Å². The maximum atomic E-state index is 5.59. The van der Waals surface area contributed by atoms with E-state index in [0.29, 0.717) is 17.8 Å². The molecule has 6 heteroatoms. The number of hydrogen-bond donors (Lipinski definition) is 1. The van der Waals surface area contributed by atoms with E-state index in [-0.39, 0.29) is 6.04 Å². The lowest BCUT2D eigenvalue weighted by Gasteiger charge is -2.14. The Labute approximate surface area is 165 Å². The van der Waals surface area contributed by atoms with Crippen LogP contribution in [0.15, 0.2) is 53.1 Å². The second-order valence-corrected chi connectivity index (χ2v) is 7.44. The van der Waals surface area contributed by atoms with Crippen molar-refractivity contribution in [2.45, 2.75) is 32.0 Å². The van der Waals surface area contributed by atoms with Gasteiger partial charge in [-0.3, -0.25) is 4.90 Å². The first-order valence-electron chi connectivity index (χ1n) is 9.59. The smallest absolute Gasteiger partial charge is 0.244 e. The van der Waals surface area contributed by atoms with E-state index >= 15 is 0 Å². The fourth-order valence-corrected chi connectivity index (χ4v) is 3.63. The third kappa shape index (κ3) is 4.08. The molecule has 0 amide bonds. The molecule has 6 nitrogen and oxygen atoms in total. The van der Waals surface area contributed by atoms with Crippen LogP contribution in [0.4, 0.5) is 0 Å². The summed E-state index contributed by atoms with van der Waals surface area (Å²) in [6.45, 7) is 3.93. The molecule has 1 aliphatic heterocycles. The summed E-state index contributed by atoms with van der Waals surface area (Å²) in [4.78, 5) is 6.92. The predicted molar refractivity (Wildman–Crippen MR) is 108 cm³/mol. The number of rotatable bonds is 6. The minimum atomic E-state index is 0.134. The highest BCUT2D eigenvalue weighted by atomic mass is 16.5. The second kappa shape index (κ2) is 8.12. The molecule has 2 aromatic carbocycles. The molecule has 2 heterocycles. The Balaban J connectivity index is 1.39. The highest BCUT2D eigenvalue weighted by Crippen LogP contribution is 2.31. The number of ether oxygens (including phenoxy) is 1. The molecule has 1 aliphatic rings. The summed E-state index contributed by atoms with van der Waals surface area (Å²) in [6.07, 6.45) is 0.951. The Morgan fingerprint density at radius 1 is 1.14 bits per heavy atom. The molecule has 146 valence electrons. The summed E-state index contributed by atoms with van der Waals surface area (Å²) in [7, 11) is 3.76. The number of nitrogens with one attached hydrogen (secondary N) is 1. The van der Waals surface area contributed by atoms with Crippen molar-refractivity contribution in [2.75, 3.05) is 20.7 Å². The number of hydrogen-bond acceptors (Lipinski definition) is 6. The summed E-state index contributed by atoms with van der Waals surface area (Å²) < 4.78 is 10.8. The van der Waals surface area contributed by atoms with Gasteiger partial charge in [-0.2, -0.15) is 4.98 Å².